The Morgan fingerprint density at radius 1 is 1.67 bits per heavy atom. The molecule has 1 heterocycles. The Balaban J connectivity index is 2.54. The van der Waals surface area contributed by atoms with Crippen molar-refractivity contribution in [2.45, 2.75) is 13.3 Å². The number of hydrogen-bond donors (Lipinski definition) is 1. The Morgan fingerprint density at radius 3 is 3.13 bits per heavy atom. The standard InChI is InChI=1S/C10H13N3O2/c1-2-3-4-6-11-10-8-9(13(14)15)5-7-12-10/h2-3,5,7-8H,4,6H2,1H3,(H,11,12)/b3-2+. The van der Waals surface area contributed by atoms with Crippen LogP contribution in [0, 0.1) is 10.1 Å². The zero-order chi connectivity index (χ0) is 11.1. The highest BCUT2D eigenvalue weighted by molar-refractivity contribution is 5.44. The summed E-state index contributed by atoms with van der Waals surface area (Å²) in [6, 6.07) is 2.80. The molecule has 0 amide bonds. The summed E-state index contributed by atoms with van der Waals surface area (Å²) in [6.07, 6.45) is 6.28. The molecule has 0 saturated heterocycles. The quantitative estimate of drug-likeness (QED) is 0.348. The third-order valence-electron chi connectivity index (χ3n) is 1.81. The number of pyridine rings is 1. The van der Waals surface area contributed by atoms with Crippen LogP contribution in [0.2, 0.25) is 0 Å². The zero-order valence-corrected chi connectivity index (χ0v) is 8.51. The molecule has 5 heteroatoms. The number of allylic oxidation sites excluding steroid dienone is 1. The van der Waals surface area contributed by atoms with Gasteiger partial charge >= 0.3 is 0 Å². The highest BCUT2D eigenvalue weighted by atomic mass is 16.6. The van der Waals surface area contributed by atoms with Crippen molar-refractivity contribution in [3.8, 4) is 0 Å². The van der Waals surface area contributed by atoms with E-state index in [1.807, 2.05) is 19.1 Å². The van der Waals surface area contributed by atoms with Crippen LogP contribution in [-0.4, -0.2) is 16.5 Å². The van der Waals surface area contributed by atoms with E-state index in [2.05, 4.69) is 10.3 Å². The fourth-order valence-electron chi connectivity index (χ4n) is 1.08. The van der Waals surface area contributed by atoms with Crippen molar-refractivity contribution < 1.29 is 4.92 Å². The Hall–Kier alpha value is -1.91. The summed E-state index contributed by atoms with van der Waals surface area (Å²) < 4.78 is 0. The lowest BCUT2D eigenvalue weighted by molar-refractivity contribution is -0.384. The number of nitro groups is 1. The van der Waals surface area contributed by atoms with Crippen molar-refractivity contribution in [1.29, 1.82) is 0 Å². The number of hydrogen-bond acceptors (Lipinski definition) is 4. The monoisotopic (exact) mass is 207 g/mol. The normalized spacial score (nSPS) is 10.5. The number of nitrogens with one attached hydrogen (secondary N) is 1. The Kier molecular flexibility index (Phi) is 4.28. The van der Waals surface area contributed by atoms with Gasteiger partial charge in [-0.15, -0.1) is 0 Å². The van der Waals surface area contributed by atoms with Crippen molar-refractivity contribution in [3.63, 3.8) is 0 Å². The summed E-state index contributed by atoms with van der Waals surface area (Å²) in [5, 5.41) is 13.5. The molecule has 1 rings (SSSR count). The minimum atomic E-state index is -0.432. The molecular formula is C10H13N3O2. The molecule has 0 bridgehead atoms. The fourth-order valence-corrected chi connectivity index (χ4v) is 1.08. The summed E-state index contributed by atoms with van der Waals surface area (Å²) in [5.41, 5.74) is 0.0542. The van der Waals surface area contributed by atoms with Gasteiger partial charge in [0.15, 0.2) is 0 Å². The van der Waals surface area contributed by atoms with E-state index in [1.54, 1.807) is 0 Å². The molecule has 0 aliphatic heterocycles. The van der Waals surface area contributed by atoms with Crippen molar-refractivity contribution in [2.24, 2.45) is 0 Å². The van der Waals surface area contributed by atoms with Gasteiger partial charge in [0.25, 0.3) is 5.69 Å². The summed E-state index contributed by atoms with van der Waals surface area (Å²) >= 11 is 0. The number of anilines is 1. The van der Waals surface area contributed by atoms with E-state index in [4.69, 9.17) is 0 Å². The third kappa shape index (κ3) is 3.76. The fraction of sp³-hybridized carbons (Fsp3) is 0.300. The topological polar surface area (TPSA) is 68.1 Å². The van der Waals surface area contributed by atoms with E-state index in [1.165, 1.54) is 18.3 Å². The molecule has 0 unspecified atom stereocenters. The van der Waals surface area contributed by atoms with Gasteiger partial charge in [-0.2, -0.15) is 0 Å². The molecule has 0 aromatic carbocycles. The minimum Gasteiger partial charge on any atom is -0.370 e. The Labute approximate surface area is 88.0 Å². The first-order valence-electron chi connectivity index (χ1n) is 4.69. The molecule has 0 saturated carbocycles. The Morgan fingerprint density at radius 2 is 2.47 bits per heavy atom. The van der Waals surface area contributed by atoms with Crippen LogP contribution < -0.4 is 5.32 Å². The molecule has 0 spiro atoms. The maximum atomic E-state index is 10.5. The molecule has 15 heavy (non-hydrogen) atoms. The van der Waals surface area contributed by atoms with Gasteiger partial charge in [-0.05, 0) is 13.3 Å². The molecule has 0 atom stereocenters. The number of rotatable bonds is 5. The highest BCUT2D eigenvalue weighted by Gasteiger charge is 2.05. The molecule has 0 radical (unpaired) electrons. The molecule has 1 aromatic heterocycles. The summed E-state index contributed by atoms with van der Waals surface area (Å²) in [4.78, 5) is 14.0. The van der Waals surface area contributed by atoms with E-state index in [0.717, 1.165) is 13.0 Å². The van der Waals surface area contributed by atoms with Gasteiger partial charge in [0.05, 0.1) is 11.0 Å². The van der Waals surface area contributed by atoms with Crippen LogP contribution in [0.3, 0.4) is 0 Å². The van der Waals surface area contributed by atoms with Crippen LogP contribution in [0.5, 0.6) is 0 Å². The second-order valence-electron chi connectivity index (χ2n) is 2.94. The van der Waals surface area contributed by atoms with Crippen LogP contribution in [0.15, 0.2) is 30.5 Å². The zero-order valence-electron chi connectivity index (χ0n) is 8.51. The molecule has 0 aliphatic carbocycles. The molecule has 0 fully saturated rings. The molecule has 1 N–H and O–H groups in total. The maximum absolute atomic E-state index is 10.5. The van der Waals surface area contributed by atoms with E-state index in [9.17, 15) is 10.1 Å². The van der Waals surface area contributed by atoms with E-state index in [0.29, 0.717) is 5.82 Å². The van der Waals surface area contributed by atoms with Gasteiger partial charge in [-0.3, -0.25) is 10.1 Å². The average molecular weight is 207 g/mol. The second kappa shape index (κ2) is 5.74. The van der Waals surface area contributed by atoms with Gasteiger partial charge in [-0.25, -0.2) is 4.98 Å². The second-order valence-corrected chi connectivity index (χ2v) is 2.94. The lowest BCUT2D eigenvalue weighted by atomic mass is 10.3. The first kappa shape index (κ1) is 11.2. The van der Waals surface area contributed by atoms with Gasteiger partial charge in [-0.1, -0.05) is 12.2 Å². The van der Waals surface area contributed by atoms with Gasteiger partial charge in [0, 0.05) is 18.8 Å². The van der Waals surface area contributed by atoms with Crippen molar-refractivity contribution in [2.75, 3.05) is 11.9 Å². The number of nitrogens with zero attached hydrogens (tertiary/aromatic N) is 2. The summed E-state index contributed by atoms with van der Waals surface area (Å²) in [6.45, 7) is 2.67. The summed E-state index contributed by atoms with van der Waals surface area (Å²) in [5.74, 6) is 0.536. The van der Waals surface area contributed by atoms with Crippen molar-refractivity contribution in [3.05, 3.63) is 40.6 Å². The molecule has 5 nitrogen and oxygen atoms in total. The SMILES string of the molecule is C/C=C/CCNc1cc([N+](=O)[O-])ccn1. The number of aromatic nitrogens is 1. The van der Waals surface area contributed by atoms with Crippen LogP contribution in [0.1, 0.15) is 13.3 Å². The largest absolute Gasteiger partial charge is 0.370 e. The summed E-state index contributed by atoms with van der Waals surface area (Å²) in [7, 11) is 0. The van der Waals surface area contributed by atoms with Crippen LogP contribution in [0.25, 0.3) is 0 Å². The van der Waals surface area contributed by atoms with Crippen molar-refractivity contribution in [1.82, 2.24) is 4.98 Å². The van der Waals surface area contributed by atoms with Crippen LogP contribution in [0.4, 0.5) is 11.5 Å². The smallest absolute Gasteiger partial charge is 0.274 e. The first-order chi connectivity index (χ1) is 7.24. The highest BCUT2D eigenvalue weighted by Crippen LogP contribution is 2.13. The van der Waals surface area contributed by atoms with E-state index >= 15 is 0 Å². The molecule has 80 valence electrons. The minimum absolute atomic E-state index is 0.0542. The average Bonchev–Trinajstić information content (AvgIpc) is 2.25. The first-order valence-corrected chi connectivity index (χ1v) is 4.69. The van der Waals surface area contributed by atoms with Crippen LogP contribution in [-0.2, 0) is 0 Å². The van der Waals surface area contributed by atoms with Gasteiger partial charge in [0.1, 0.15) is 5.82 Å². The third-order valence-corrected chi connectivity index (χ3v) is 1.81. The van der Waals surface area contributed by atoms with Crippen molar-refractivity contribution >= 4 is 11.5 Å². The van der Waals surface area contributed by atoms with Gasteiger partial charge in [0.2, 0.25) is 0 Å². The molecule has 0 aliphatic rings. The van der Waals surface area contributed by atoms with Crippen LogP contribution >= 0.6 is 0 Å². The molecular weight excluding hydrogens is 194 g/mol. The lowest BCUT2D eigenvalue weighted by Gasteiger charge is -2.02. The predicted octanol–water partition coefficient (Wildman–Crippen LogP) is 2.37. The van der Waals surface area contributed by atoms with E-state index < -0.39 is 4.92 Å². The molecule has 1 aromatic rings. The predicted molar refractivity (Wildman–Crippen MR) is 58.8 cm³/mol. The lowest BCUT2D eigenvalue weighted by Crippen LogP contribution is -2.02. The van der Waals surface area contributed by atoms with Gasteiger partial charge < -0.3 is 5.32 Å². The van der Waals surface area contributed by atoms with E-state index in [-0.39, 0.29) is 5.69 Å². The maximum Gasteiger partial charge on any atom is 0.274 e. The Bertz CT molecular complexity index is 363.